The van der Waals surface area contributed by atoms with Gasteiger partial charge in [-0.1, -0.05) is 0 Å². The fourth-order valence-corrected chi connectivity index (χ4v) is 1.07. The number of hydrogen-bond acceptors (Lipinski definition) is 4. The van der Waals surface area contributed by atoms with Gasteiger partial charge in [-0.15, -0.1) is 0 Å². The van der Waals surface area contributed by atoms with Crippen molar-refractivity contribution < 1.29 is 20.1 Å². The lowest BCUT2D eigenvalue weighted by Crippen LogP contribution is -2.03. The summed E-state index contributed by atoms with van der Waals surface area (Å²) in [7, 11) is 1.62. The van der Waals surface area contributed by atoms with E-state index in [4.69, 9.17) is 15.3 Å². The fraction of sp³-hybridized carbons (Fsp3) is 0.222. The van der Waals surface area contributed by atoms with Crippen LogP contribution in [0.3, 0.4) is 0 Å². The number of aliphatic hydroxyl groups excluding tert-OH is 1. The molecule has 0 radical (unpaired) electrons. The molecule has 0 heterocycles. The van der Waals surface area contributed by atoms with E-state index in [0.717, 1.165) is 0 Å². The fourth-order valence-electron chi connectivity index (χ4n) is 1.07. The van der Waals surface area contributed by atoms with Crippen molar-refractivity contribution in [2.45, 2.75) is 6.29 Å². The number of rotatable bonds is 3. The van der Waals surface area contributed by atoms with Crippen LogP contribution in [0.25, 0.3) is 0 Å². The zero-order valence-electron chi connectivity index (χ0n) is 7.56. The van der Waals surface area contributed by atoms with Gasteiger partial charge in [0, 0.05) is 18.3 Å². The molecule has 1 aromatic rings. The Morgan fingerprint density at radius 3 is 2.43 bits per heavy atom. The molecule has 0 aliphatic carbocycles. The largest absolute Gasteiger partial charge is 0.478 e. The molecule has 0 fully saturated rings. The van der Waals surface area contributed by atoms with E-state index in [1.54, 1.807) is 7.05 Å². The van der Waals surface area contributed by atoms with Gasteiger partial charge in [0.2, 0.25) is 0 Å². The van der Waals surface area contributed by atoms with Crippen LogP contribution in [0, 0.1) is 0 Å². The maximum Gasteiger partial charge on any atom is 0.335 e. The van der Waals surface area contributed by atoms with Gasteiger partial charge in [-0.25, -0.2) is 4.79 Å². The molecule has 0 aromatic heterocycles. The predicted molar refractivity (Wildman–Crippen MR) is 50.1 cm³/mol. The molecule has 0 spiro atoms. The summed E-state index contributed by atoms with van der Waals surface area (Å²) in [6, 6.07) is 4.10. The van der Waals surface area contributed by atoms with E-state index in [-0.39, 0.29) is 11.1 Å². The van der Waals surface area contributed by atoms with Crippen LogP contribution in [0.4, 0.5) is 5.69 Å². The third-order valence-corrected chi connectivity index (χ3v) is 1.79. The molecule has 1 rings (SSSR count). The normalized spacial score (nSPS) is 10.3. The monoisotopic (exact) mass is 197 g/mol. The molecule has 0 aliphatic heterocycles. The molecule has 14 heavy (non-hydrogen) atoms. The first-order valence-electron chi connectivity index (χ1n) is 3.96. The lowest BCUT2D eigenvalue weighted by atomic mass is 10.1. The van der Waals surface area contributed by atoms with Crippen molar-refractivity contribution in [3.05, 3.63) is 29.3 Å². The van der Waals surface area contributed by atoms with E-state index in [2.05, 4.69) is 5.32 Å². The number of nitrogens with one attached hydrogen (secondary N) is 1. The predicted octanol–water partition coefficient (Wildman–Crippen LogP) is 0.410. The summed E-state index contributed by atoms with van der Waals surface area (Å²) < 4.78 is 0. The number of anilines is 1. The Hall–Kier alpha value is -1.59. The van der Waals surface area contributed by atoms with Crippen molar-refractivity contribution in [2.24, 2.45) is 0 Å². The number of aromatic carboxylic acids is 1. The minimum absolute atomic E-state index is 0.0138. The number of benzene rings is 1. The van der Waals surface area contributed by atoms with Crippen LogP contribution < -0.4 is 5.32 Å². The number of hydrogen-bond donors (Lipinski definition) is 4. The van der Waals surface area contributed by atoms with Gasteiger partial charge in [-0.2, -0.15) is 0 Å². The number of aliphatic hydroxyl groups is 2. The molecule has 5 heteroatoms. The van der Waals surface area contributed by atoms with Crippen LogP contribution in [0.5, 0.6) is 0 Å². The first-order chi connectivity index (χ1) is 6.54. The zero-order valence-corrected chi connectivity index (χ0v) is 7.56. The number of carbonyl (C=O) groups is 1. The highest BCUT2D eigenvalue weighted by Gasteiger charge is 2.10. The Morgan fingerprint density at radius 1 is 1.36 bits per heavy atom. The van der Waals surface area contributed by atoms with Gasteiger partial charge in [0.1, 0.15) is 0 Å². The maximum atomic E-state index is 10.7. The van der Waals surface area contributed by atoms with Crippen LogP contribution in [-0.4, -0.2) is 28.3 Å². The molecule has 0 amide bonds. The molecular weight excluding hydrogens is 186 g/mol. The lowest BCUT2D eigenvalue weighted by molar-refractivity contribution is -0.0424. The summed E-state index contributed by atoms with van der Waals surface area (Å²) in [6.45, 7) is 0. The van der Waals surface area contributed by atoms with Crippen molar-refractivity contribution >= 4 is 11.7 Å². The van der Waals surface area contributed by atoms with E-state index in [9.17, 15) is 4.79 Å². The van der Waals surface area contributed by atoms with Crippen LogP contribution in [0.2, 0.25) is 0 Å². The van der Waals surface area contributed by atoms with E-state index < -0.39 is 12.3 Å². The summed E-state index contributed by atoms with van der Waals surface area (Å²) >= 11 is 0. The van der Waals surface area contributed by atoms with Gasteiger partial charge >= 0.3 is 5.97 Å². The Balaban J connectivity index is 3.20. The zero-order chi connectivity index (χ0) is 10.7. The van der Waals surface area contributed by atoms with E-state index in [0.29, 0.717) is 5.69 Å². The average molecular weight is 197 g/mol. The molecule has 0 aliphatic rings. The second kappa shape index (κ2) is 4.08. The third kappa shape index (κ3) is 2.21. The second-order valence-corrected chi connectivity index (χ2v) is 2.77. The Labute approximate surface area is 80.6 Å². The first-order valence-corrected chi connectivity index (χ1v) is 3.96. The summed E-state index contributed by atoms with van der Waals surface area (Å²) in [5.41, 5.74) is 0.683. The number of carboxylic acid groups (broad SMARTS) is 1. The highest BCUT2D eigenvalue weighted by Crippen LogP contribution is 2.18. The molecule has 0 bridgehead atoms. The van der Waals surface area contributed by atoms with Crippen molar-refractivity contribution in [1.29, 1.82) is 0 Å². The molecule has 0 unspecified atom stereocenters. The molecule has 0 atom stereocenters. The average Bonchev–Trinajstić information content (AvgIpc) is 2.16. The van der Waals surface area contributed by atoms with E-state index >= 15 is 0 Å². The van der Waals surface area contributed by atoms with Gasteiger partial charge < -0.3 is 20.6 Å². The minimum Gasteiger partial charge on any atom is -0.478 e. The van der Waals surface area contributed by atoms with Gasteiger partial charge in [0.15, 0.2) is 6.29 Å². The number of carboxylic acids is 1. The summed E-state index contributed by atoms with van der Waals surface area (Å²) in [5, 5.41) is 29.2. The van der Waals surface area contributed by atoms with Gasteiger partial charge in [-0.3, -0.25) is 0 Å². The Bertz CT molecular complexity index is 349. The molecule has 0 saturated heterocycles. The first kappa shape index (κ1) is 10.5. The summed E-state index contributed by atoms with van der Waals surface area (Å²) in [5.74, 6) is -1.11. The summed E-state index contributed by atoms with van der Waals surface area (Å²) in [4.78, 5) is 10.7. The SMILES string of the molecule is CNc1cc(C(=O)O)cc(C(O)O)c1. The molecule has 1 aromatic carbocycles. The topological polar surface area (TPSA) is 89.8 Å². The molecule has 76 valence electrons. The molecule has 0 saturated carbocycles. The second-order valence-electron chi connectivity index (χ2n) is 2.77. The highest BCUT2D eigenvalue weighted by molar-refractivity contribution is 5.89. The third-order valence-electron chi connectivity index (χ3n) is 1.79. The van der Waals surface area contributed by atoms with Crippen molar-refractivity contribution in [3.8, 4) is 0 Å². The minimum atomic E-state index is -1.67. The van der Waals surface area contributed by atoms with E-state index in [1.807, 2.05) is 0 Å². The van der Waals surface area contributed by atoms with Crippen molar-refractivity contribution in [2.75, 3.05) is 12.4 Å². The Kier molecular flexibility index (Phi) is 3.06. The molecule has 5 nitrogen and oxygen atoms in total. The van der Waals surface area contributed by atoms with Gasteiger partial charge in [0.05, 0.1) is 5.56 Å². The lowest BCUT2D eigenvalue weighted by Gasteiger charge is -2.08. The van der Waals surface area contributed by atoms with Crippen molar-refractivity contribution in [1.82, 2.24) is 0 Å². The smallest absolute Gasteiger partial charge is 0.335 e. The maximum absolute atomic E-state index is 10.7. The molecule has 4 N–H and O–H groups in total. The van der Waals surface area contributed by atoms with Gasteiger partial charge in [-0.05, 0) is 18.2 Å². The standard InChI is InChI=1S/C9H11NO4/c1-10-7-3-5(8(11)12)2-6(4-7)9(13)14/h2-4,8,10-12H,1H3,(H,13,14). The highest BCUT2D eigenvalue weighted by atomic mass is 16.5. The van der Waals surface area contributed by atoms with Crippen LogP contribution in [0.15, 0.2) is 18.2 Å². The Morgan fingerprint density at radius 2 is 2.00 bits per heavy atom. The van der Waals surface area contributed by atoms with Crippen LogP contribution >= 0.6 is 0 Å². The summed E-state index contributed by atoms with van der Waals surface area (Å²) in [6.07, 6.45) is -1.67. The molecular formula is C9H11NO4. The van der Waals surface area contributed by atoms with Crippen molar-refractivity contribution in [3.63, 3.8) is 0 Å². The van der Waals surface area contributed by atoms with Crippen LogP contribution in [-0.2, 0) is 0 Å². The van der Waals surface area contributed by atoms with E-state index in [1.165, 1.54) is 18.2 Å². The quantitative estimate of drug-likeness (QED) is 0.527. The van der Waals surface area contributed by atoms with Gasteiger partial charge in [0.25, 0.3) is 0 Å². The van der Waals surface area contributed by atoms with Crippen LogP contribution in [0.1, 0.15) is 22.2 Å².